The maximum atomic E-state index is 11.4. The van der Waals surface area contributed by atoms with Crippen molar-refractivity contribution in [2.24, 2.45) is 5.73 Å². The molecule has 0 saturated heterocycles. The zero-order valence-corrected chi connectivity index (χ0v) is 10.9. The van der Waals surface area contributed by atoms with E-state index in [2.05, 4.69) is 4.72 Å². The highest BCUT2D eigenvalue weighted by Crippen LogP contribution is 2.10. The Morgan fingerprint density at radius 1 is 1.31 bits per heavy atom. The first-order chi connectivity index (χ1) is 6.95. The predicted octanol–water partition coefficient (Wildman–Crippen LogP) is 0.906. The van der Waals surface area contributed by atoms with E-state index in [-0.39, 0.29) is 23.3 Å². The maximum Gasteiger partial charge on any atom is 0.240 e. The normalized spacial score (nSPS) is 12.9. The molecule has 0 aliphatic carbocycles. The van der Waals surface area contributed by atoms with Gasteiger partial charge in [-0.2, -0.15) is 0 Å². The summed E-state index contributed by atoms with van der Waals surface area (Å²) in [4.78, 5) is 0.276. The lowest BCUT2D eigenvalue weighted by Gasteiger charge is -2.06. The van der Waals surface area contributed by atoms with Crippen LogP contribution >= 0.6 is 12.4 Å². The molecule has 6 heteroatoms. The van der Waals surface area contributed by atoms with Crippen LogP contribution in [0, 0.1) is 0 Å². The van der Waals surface area contributed by atoms with Crippen LogP contribution in [-0.4, -0.2) is 21.5 Å². The molecule has 1 rings (SSSR count). The first-order valence-electron chi connectivity index (χ1n) is 4.74. The Morgan fingerprint density at radius 3 is 2.19 bits per heavy atom. The van der Waals surface area contributed by atoms with E-state index in [9.17, 15) is 8.42 Å². The van der Waals surface area contributed by atoms with Gasteiger partial charge in [0.1, 0.15) is 0 Å². The predicted molar refractivity (Wildman–Crippen MR) is 67.3 cm³/mol. The van der Waals surface area contributed by atoms with Crippen molar-refractivity contribution in [3.05, 3.63) is 29.8 Å². The Bertz CT molecular complexity index is 415. The second-order valence-electron chi connectivity index (χ2n) is 3.53. The van der Waals surface area contributed by atoms with Crippen molar-refractivity contribution < 1.29 is 8.42 Å². The summed E-state index contributed by atoms with van der Waals surface area (Å²) in [6, 6.07) is 6.82. The van der Waals surface area contributed by atoms with E-state index >= 15 is 0 Å². The number of halogens is 1. The van der Waals surface area contributed by atoms with Crippen molar-refractivity contribution in [2.45, 2.75) is 24.3 Å². The van der Waals surface area contributed by atoms with Crippen molar-refractivity contribution in [2.75, 3.05) is 7.05 Å². The average molecular weight is 265 g/mol. The van der Waals surface area contributed by atoms with E-state index in [0.717, 1.165) is 12.0 Å². The molecule has 92 valence electrons. The summed E-state index contributed by atoms with van der Waals surface area (Å²) < 4.78 is 25.1. The minimum atomic E-state index is -3.32. The number of nitrogens with two attached hydrogens (primary N) is 1. The molecule has 0 saturated carbocycles. The van der Waals surface area contributed by atoms with Crippen molar-refractivity contribution in [3.63, 3.8) is 0 Å². The molecule has 0 aliphatic heterocycles. The molecule has 0 aromatic heterocycles. The molecule has 1 aromatic rings. The molecule has 0 fully saturated rings. The second-order valence-corrected chi connectivity index (χ2v) is 5.42. The summed E-state index contributed by atoms with van der Waals surface area (Å²) in [6.07, 6.45) is 0.750. The van der Waals surface area contributed by atoms with Crippen LogP contribution in [0.5, 0.6) is 0 Å². The smallest absolute Gasteiger partial charge is 0.240 e. The van der Waals surface area contributed by atoms with Gasteiger partial charge in [0.05, 0.1) is 4.90 Å². The molecule has 0 radical (unpaired) electrons. The Morgan fingerprint density at radius 2 is 1.81 bits per heavy atom. The van der Waals surface area contributed by atoms with E-state index < -0.39 is 10.0 Å². The Labute approximate surface area is 103 Å². The van der Waals surface area contributed by atoms with Crippen LogP contribution in [0.3, 0.4) is 0 Å². The lowest BCUT2D eigenvalue weighted by molar-refractivity contribution is 0.588. The first kappa shape index (κ1) is 15.4. The van der Waals surface area contributed by atoms with Gasteiger partial charge in [-0.1, -0.05) is 12.1 Å². The van der Waals surface area contributed by atoms with Crippen LogP contribution in [0.4, 0.5) is 0 Å². The molecule has 0 spiro atoms. The highest BCUT2D eigenvalue weighted by Gasteiger charge is 2.10. The third-order valence-corrected chi connectivity index (χ3v) is 3.49. The van der Waals surface area contributed by atoms with Crippen LogP contribution < -0.4 is 10.5 Å². The zero-order chi connectivity index (χ0) is 11.5. The Hall–Kier alpha value is -0.620. The lowest BCUT2D eigenvalue weighted by Crippen LogP contribution is -2.19. The van der Waals surface area contributed by atoms with Crippen molar-refractivity contribution in [1.29, 1.82) is 0 Å². The SMILES string of the molecule is CNS(=O)(=O)c1ccc(CC(C)N)cc1.Cl. The average Bonchev–Trinajstić information content (AvgIpc) is 2.18. The van der Waals surface area contributed by atoms with E-state index in [1.165, 1.54) is 7.05 Å². The van der Waals surface area contributed by atoms with Gasteiger partial charge in [0, 0.05) is 6.04 Å². The maximum absolute atomic E-state index is 11.4. The van der Waals surface area contributed by atoms with Crippen LogP contribution in [0.2, 0.25) is 0 Å². The fraction of sp³-hybridized carbons (Fsp3) is 0.400. The van der Waals surface area contributed by atoms with Gasteiger partial charge in [-0.25, -0.2) is 13.1 Å². The summed E-state index contributed by atoms with van der Waals surface area (Å²) in [5.41, 5.74) is 6.69. The summed E-state index contributed by atoms with van der Waals surface area (Å²) in [5, 5.41) is 0. The summed E-state index contributed by atoms with van der Waals surface area (Å²) in [6.45, 7) is 1.91. The number of hydrogen-bond acceptors (Lipinski definition) is 3. The van der Waals surface area contributed by atoms with Gasteiger partial charge < -0.3 is 5.73 Å². The third kappa shape index (κ3) is 4.09. The first-order valence-corrected chi connectivity index (χ1v) is 6.22. The standard InChI is InChI=1S/C10H16N2O2S.ClH/c1-8(11)7-9-3-5-10(6-4-9)15(13,14)12-2;/h3-6,8,12H,7,11H2,1-2H3;1H. The zero-order valence-electron chi connectivity index (χ0n) is 9.30. The van der Waals surface area contributed by atoms with Gasteiger partial charge in [-0.3, -0.25) is 0 Å². The van der Waals surface area contributed by atoms with Crippen molar-refractivity contribution in [3.8, 4) is 0 Å². The number of rotatable bonds is 4. The summed E-state index contributed by atoms with van der Waals surface area (Å²) in [5.74, 6) is 0. The highest BCUT2D eigenvalue weighted by molar-refractivity contribution is 7.89. The number of nitrogens with one attached hydrogen (secondary N) is 1. The molecular weight excluding hydrogens is 248 g/mol. The fourth-order valence-electron chi connectivity index (χ4n) is 1.29. The van der Waals surface area contributed by atoms with Crippen LogP contribution in [0.15, 0.2) is 29.2 Å². The van der Waals surface area contributed by atoms with Gasteiger partial charge in [0.25, 0.3) is 0 Å². The van der Waals surface area contributed by atoms with Gasteiger partial charge in [-0.15, -0.1) is 12.4 Å². The van der Waals surface area contributed by atoms with Crippen molar-refractivity contribution in [1.82, 2.24) is 4.72 Å². The molecule has 0 amide bonds. The third-order valence-electron chi connectivity index (χ3n) is 2.06. The molecule has 3 N–H and O–H groups in total. The Kier molecular flexibility index (Phi) is 5.96. The minimum absolute atomic E-state index is 0. The second kappa shape index (κ2) is 6.20. The van der Waals surface area contributed by atoms with E-state index in [4.69, 9.17) is 5.73 Å². The van der Waals surface area contributed by atoms with Crippen LogP contribution in [0.1, 0.15) is 12.5 Å². The summed E-state index contributed by atoms with van der Waals surface area (Å²) in [7, 11) is -1.93. The monoisotopic (exact) mass is 264 g/mol. The van der Waals surface area contributed by atoms with E-state index in [0.29, 0.717) is 0 Å². The van der Waals surface area contributed by atoms with Gasteiger partial charge in [0.2, 0.25) is 10.0 Å². The summed E-state index contributed by atoms with van der Waals surface area (Å²) >= 11 is 0. The highest BCUT2D eigenvalue weighted by atomic mass is 35.5. The minimum Gasteiger partial charge on any atom is -0.328 e. The van der Waals surface area contributed by atoms with Crippen molar-refractivity contribution >= 4 is 22.4 Å². The lowest BCUT2D eigenvalue weighted by atomic mass is 10.1. The quantitative estimate of drug-likeness (QED) is 0.849. The number of sulfonamides is 1. The molecule has 0 bridgehead atoms. The molecule has 1 atom stereocenters. The van der Waals surface area contributed by atoms with Gasteiger partial charge >= 0.3 is 0 Å². The fourth-order valence-corrected chi connectivity index (χ4v) is 2.02. The largest absolute Gasteiger partial charge is 0.328 e. The molecule has 0 heterocycles. The number of hydrogen-bond donors (Lipinski definition) is 2. The molecule has 1 unspecified atom stereocenters. The molecule has 1 aromatic carbocycles. The topological polar surface area (TPSA) is 72.2 Å². The number of benzene rings is 1. The van der Waals surface area contributed by atoms with Crippen LogP contribution in [0.25, 0.3) is 0 Å². The molecule has 0 aliphatic rings. The molecular formula is C10H17ClN2O2S. The molecule has 4 nitrogen and oxygen atoms in total. The van der Waals surface area contributed by atoms with E-state index in [1.54, 1.807) is 24.3 Å². The Balaban J connectivity index is 0.00000225. The van der Waals surface area contributed by atoms with Gasteiger partial charge in [-0.05, 0) is 38.1 Å². The molecule has 16 heavy (non-hydrogen) atoms. The van der Waals surface area contributed by atoms with Crippen LogP contribution in [-0.2, 0) is 16.4 Å². The van der Waals surface area contributed by atoms with Gasteiger partial charge in [0.15, 0.2) is 0 Å². The van der Waals surface area contributed by atoms with E-state index in [1.807, 2.05) is 6.92 Å².